The molecule has 1 aromatic carbocycles. The van der Waals surface area contributed by atoms with Gasteiger partial charge in [0.15, 0.2) is 5.75 Å². The molecule has 0 unspecified atom stereocenters. The van der Waals surface area contributed by atoms with Crippen molar-refractivity contribution < 1.29 is 10.0 Å². The molecular formula is C8H9Cl2NO3. The van der Waals surface area contributed by atoms with Crippen LogP contribution in [0, 0.1) is 17.0 Å². The Bertz CT molecular complexity index is 317. The summed E-state index contributed by atoms with van der Waals surface area (Å²) in [5.74, 6) is -0.291. The molecule has 0 aliphatic heterocycles. The molecule has 6 heteroatoms. The molecule has 0 fully saturated rings. The number of nitro groups is 1. The number of hydrogen-bond acceptors (Lipinski definition) is 3. The monoisotopic (exact) mass is 237 g/mol. The first-order chi connectivity index (χ1) is 6.52. The van der Waals surface area contributed by atoms with Crippen LogP contribution >= 0.6 is 23.2 Å². The Balaban J connectivity index is 0.000000500. The van der Waals surface area contributed by atoms with Gasteiger partial charge in [-0.2, -0.15) is 0 Å². The first-order valence-corrected chi connectivity index (χ1v) is 4.65. The number of aromatic hydroxyl groups is 1. The summed E-state index contributed by atoms with van der Waals surface area (Å²) in [6.07, 6.45) is 0. The van der Waals surface area contributed by atoms with E-state index in [2.05, 4.69) is 0 Å². The van der Waals surface area contributed by atoms with Crippen LogP contribution in [0.25, 0.3) is 0 Å². The van der Waals surface area contributed by atoms with E-state index in [4.69, 9.17) is 28.3 Å². The quantitative estimate of drug-likeness (QED) is 0.464. The van der Waals surface area contributed by atoms with E-state index in [0.29, 0.717) is 0 Å². The van der Waals surface area contributed by atoms with Gasteiger partial charge in [-0.25, -0.2) is 0 Å². The number of nitro benzene ring substituents is 1. The van der Waals surface area contributed by atoms with Crippen LogP contribution in [-0.4, -0.2) is 15.4 Å². The predicted molar refractivity (Wildman–Crippen MR) is 56.1 cm³/mol. The highest BCUT2D eigenvalue weighted by atomic mass is 35.5. The second kappa shape index (κ2) is 6.45. The maximum absolute atomic E-state index is 10.2. The molecule has 0 saturated carbocycles. The summed E-state index contributed by atoms with van der Waals surface area (Å²) in [7, 11) is 0. The topological polar surface area (TPSA) is 63.4 Å². The first-order valence-electron chi connectivity index (χ1n) is 3.58. The third-order valence-electron chi connectivity index (χ3n) is 1.33. The van der Waals surface area contributed by atoms with Gasteiger partial charge in [0.25, 0.3) is 0 Å². The number of alkyl halides is 2. The molecule has 0 heterocycles. The highest BCUT2D eigenvalue weighted by molar-refractivity contribution is 6.40. The predicted octanol–water partition coefficient (Wildman–Crippen LogP) is 3.03. The zero-order valence-electron chi connectivity index (χ0n) is 7.41. The Morgan fingerprint density at radius 1 is 1.50 bits per heavy atom. The minimum absolute atomic E-state index is 0.194. The van der Waals surface area contributed by atoms with Gasteiger partial charge in [0.05, 0.1) is 10.3 Å². The van der Waals surface area contributed by atoms with Crippen LogP contribution in [0.5, 0.6) is 5.75 Å². The van der Waals surface area contributed by atoms with Gasteiger partial charge >= 0.3 is 5.69 Å². The summed E-state index contributed by atoms with van der Waals surface area (Å²) in [5.41, 5.74) is 0.513. The Labute approximate surface area is 91.2 Å². The molecule has 78 valence electrons. The normalized spacial score (nSPS) is 8.79. The van der Waals surface area contributed by atoms with Crippen molar-refractivity contribution in [2.45, 2.75) is 6.92 Å². The van der Waals surface area contributed by atoms with Crippen molar-refractivity contribution >= 4 is 28.9 Å². The third-order valence-corrected chi connectivity index (χ3v) is 1.33. The molecule has 0 spiro atoms. The van der Waals surface area contributed by atoms with E-state index in [1.807, 2.05) is 0 Å². The zero-order valence-corrected chi connectivity index (χ0v) is 8.92. The molecule has 0 amide bonds. The van der Waals surface area contributed by atoms with Crippen LogP contribution < -0.4 is 0 Å². The van der Waals surface area contributed by atoms with Crippen LogP contribution in [0.4, 0.5) is 5.69 Å². The number of nitrogens with zero attached hydrogens (tertiary/aromatic N) is 1. The molecule has 1 N–H and O–H groups in total. The number of phenolic OH excluding ortho intramolecular Hbond substituents is 1. The first kappa shape index (κ1) is 13.0. The van der Waals surface area contributed by atoms with Crippen LogP contribution in [0.3, 0.4) is 0 Å². The van der Waals surface area contributed by atoms with Crippen molar-refractivity contribution in [2.75, 3.05) is 5.34 Å². The fourth-order valence-electron chi connectivity index (χ4n) is 0.780. The van der Waals surface area contributed by atoms with Crippen molar-refractivity contribution in [3.05, 3.63) is 33.9 Å². The van der Waals surface area contributed by atoms with Crippen LogP contribution in [0.2, 0.25) is 0 Å². The van der Waals surface area contributed by atoms with Crippen LogP contribution in [0.15, 0.2) is 18.2 Å². The molecule has 4 nitrogen and oxygen atoms in total. The lowest BCUT2D eigenvalue weighted by atomic mass is 10.2. The summed E-state index contributed by atoms with van der Waals surface area (Å²) >= 11 is 9.53. The Hall–Kier alpha value is -1.00. The second-order valence-electron chi connectivity index (χ2n) is 2.35. The molecule has 0 aliphatic carbocycles. The number of aryl methyl sites for hydroxylation is 1. The van der Waals surface area contributed by atoms with Gasteiger partial charge in [0.2, 0.25) is 0 Å². The van der Waals surface area contributed by atoms with E-state index in [1.54, 1.807) is 13.0 Å². The average Bonchev–Trinajstić information content (AvgIpc) is 2.10. The van der Waals surface area contributed by atoms with Gasteiger partial charge in [-0.15, -0.1) is 23.2 Å². The lowest BCUT2D eigenvalue weighted by Gasteiger charge is -1.95. The minimum atomic E-state index is -0.609. The second-order valence-corrected chi connectivity index (χ2v) is 3.16. The third kappa shape index (κ3) is 4.30. The Morgan fingerprint density at radius 2 is 2.00 bits per heavy atom. The van der Waals surface area contributed by atoms with Gasteiger partial charge in [0.1, 0.15) is 0 Å². The average molecular weight is 238 g/mol. The summed E-state index contributed by atoms with van der Waals surface area (Å²) < 4.78 is 0. The molecule has 0 atom stereocenters. The summed E-state index contributed by atoms with van der Waals surface area (Å²) in [4.78, 5) is 9.61. The smallest absolute Gasteiger partial charge is 0.310 e. The van der Waals surface area contributed by atoms with Gasteiger partial charge in [-0.05, 0) is 18.6 Å². The zero-order chi connectivity index (χ0) is 11.1. The molecule has 0 aliphatic rings. The van der Waals surface area contributed by atoms with E-state index in [9.17, 15) is 10.1 Å². The van der Waals surface area contributed by atoms with E-state index >= 15 is 0 Å². The van der Waals surface area contributed by atoms with Gasteiger partial charge in [0, 0.05) is 6.07 Å². The van der Waals surface area contributed by atoms with Crippen molar-refractivity contribution in [1.29, 1.82) is 0 Å². The van der Waals surface area contributed by atoms with E-state index < -0.39 is 4.92 Å². The highest BCUT2D eigenvalue weighted by Gasteiger charge is 2.11. The fraction of sp³-hybridized carbons (Fsp3) is 0.250. The number of rotatable bonds is 1. The molecule has 0 aromatic heterocycles. The summed E-state index contributed by atoms with van der Waals surface area (Å²) in [6.45, 7) is 1.73. The SMILES string of the molecule is Cc1ccc(O)c([N+](=O)[O-])c1.ClCCl. The summed E-state index contributed by atoms with van der Waals surface area (Å²) in [6, 6.07) is 4.26. The fourth-order valence-corrected chi connectivity index (χ4v) is 0.780. The summed E-state index contributed by atoms with van der Waals surface area (Å²) in [5, 5.41) is 19.4. The van der Waals surface area contributed by atoms with Crippen molar-refractivity contribution in [1.82, 2.24) is 0 Å². The van der Waals surface area contributed by atoms with Gasteiger partial charge in [-0.3, -0.25) is 10.1 Å². The van der Waals surface area contributed by atoms with E-state index in [-0.39, 0.29) is 16.8 Å². The molecule has 0 bridgehead atoms. The number of hydrogen-bond donors (Lipinski definition) is 1. The number of phenols is 1. The minimum Gasteiger partial charge on any atom is -0.502 e. The molecule has 14 heavy (non-hydrogen) atoms. The molecule has 1 rings (SSSR count). The maximum Gasteiger partial charge on any atom is 0.310 e. The molecule has 0 radical (unpaired) electrons. The Morgan fingerprint density at radius 3 is 2.36 bits per heavy atom. The molecule has 0 saturated heterocycles. The lowest BCUT2D eigenvalue weighted by molar-refractivity contribution is -0.385. The number of benzene rings is 1. The lowest BCUT2D eigenvalue weighted by Crippen LogP contribution is -1.88. The number of halogens is 2. The van der Waals surface area contributed by atoms with Crippen LogP contribution in [0.1, 0.15) is 5.56 Å². The van der Waals surface area contributed by atoms with Gasteiger partial charge in [-0.1, -0.05) is 6.07 Å². The Kier molecular flexibility index (Phi) is 5.99. The van der Waals surface area contributed by atoms with E-state index in [0.717, 1.165) is 5.56 Å². The highest BCUT2D eigenvalue weighted by Crippen LogP contribution is 2.25. The van der Waals surface area contributed by atoms with Crippen molar-refractivity contribution in [3.8, 4) is 5.75 Å². The van der Waals surface area contributed by atoms with Gasteiger partial charge < -0.3 is 5.11 Å². The molecule has 1 aromatic rings. The van der Waals surface area contributed by atoms with Crippen molar-refractivity contribution in [2.24, 2.45) is 0 Å². The largest absolute Gasteiger partial charge is 0.502 e. The van der Waals surface area contributed by atoms with Crippen molar-refractivity contribution in [3.63, 3.8) is 0 Å². The molecular weight excluding hydrogens is 229 g/mol. The maximum atomic E-state index is 10.2. The standard InChI is InChI=1S/C7H7NO3.CH2Cl2/c1-5-2-3-7(9)6(4-5)8(10)11;2-1-3/h2-4,9H,1H3;1H2. The van der Waals surface area contributed by atoms with Crippen LogP contribution in [-0.2, 0) is 0 Å². The van der Waals surface area contributed by atoms with E-state index in [1.165, 1.54) is 12.1 Å².